The van der Waals surface area contributed by atoms with E-state index in [4.69, 9.17) is 0 Å². The molecular weight excluding hydrogens is 357 g/mol. The monoisotopic (exact) mass is 379 g/mol. The Hall–Kier alpha value is -3.15. The first-order valence-corrected chi connectivity index (χ1v) is 9.42. The number of hydrogen-bond donors (Lipinski definition) is 1. The summed E-state index contributed by atoms with van der Waals surface area (Å²) >= 11 is 0. The van der Waals surface area contributed by atoms with Crippen LogP contribution in [0.25, 0.3) is 10.9 Å². The summed E-state index contributed by atoms with van der Waals surface area (Å²) < 4.78 is 15.1. The van der Waals surface area contributed by atoms with Gasteiger partial charge >= 0.3 is 0 Å². The van der Waals surface area contributed by atoms with Crippen LogP contribution in [0.1, 0.15) is 23.2 Å². The largest absolute Gasteiger partial charge is 0.350 e. The van der Waals surface area contributed by atoms with Gasteiger partial charge in [0.25, 0.3) is 5.91 Å². The van der Waals surface area contributed by atoms with E-state index in [1.165, 1.54) is 24.3 Å². The summed E-state index contributed by atoms with van der Waals surface area (Å²) in [6.45, 7) is 1.04. The van der Waals surface area contributed by atoms with Crippen molar-refractivity contribution in [2.75, 3.05) is 18.4 Å². The van der Waals surface area contributed by atoms with Gasteiger partial charge in [-0.3, -0.25) is 9.59 Å². The molecule has 1 aliphatic heterocycles. The molecule has 4 rings (SSSR count). The number of carbonyl (C=O) groups excluding carboxylic acids is 2. The maximum absolute atomic E-state index is 13.0. The average molecular weight is 379 g/mol. The normalized spacial score (nSPS) is 15.0. The van der Waals surface area contributed by atoms with Crippen molar-refractivity contribution in [3.05, 3.63) is 66.1 Å². The van der Waals surface area contributed by atoms with E-state index in [1.807, 2.05) is 42.1 Å². The fourth-order valence-corrected chi connectivity index (χ4v) is 3.77. The van der Waals surface area contributed by atoms with Crippen molar-refractivity contribution in [2.24, 2.45) is 13.0 Å². The van der Waals surface area contributed by atoms with Crippen LogP contribution in [-0.4, -0.2) is 34.4 Å². The lowest BCUT2D eigenvalue weighted by molar-refractivity contribution is -0.121. The first-order chi connectivity index (χ1) is 13.5. The van der Waals surface area contributed by atoms with E-state index in [0.29, 0.717) is 31.5 Å². The number of anilines is 1. The molecule has 28 heavy (non-hydrogen) atoms. The standard InChI is InChI=1S/C22H22FN3O2/c1-25-12-11-18-19(3-2-4-20(18)25)24-21(27)15-9-13-26(14-10-15)22(28)16-5-7-17(23)8-6-16/h2-8,11-12,15H,9-10,13-14H2,1H3,(H,24,27). The summed E-state index contributed by atoms with van der Waals surface area (Å²) in [6, 6.07) is 13.4. The van der Waals surface area contributed by atoms with Crippen molar-refractivity contribution in [2.45, 2.75) is 12.8 Å². The van der Waals surface area contributed by atoms with Gasteiger partial charge in [-0.25, -0.2) is 4.39 Å². The number of rotatable bonds is 3. The maximum atomic E-state index is 13.0. The Morgan fingerprint density at radius 2 is 1.75 bits per heavy atom. The molecule has 2 amide bonds. The molecule has 1 fully saturated rings. The van der Waals surface area contributed by atoms with Crippen LogP contribution in [0.4, 0.5) is 10.1 Å². The number of halogens is 1. The number of amides is 2. The lowest BCUT2D eigenvalue weighted by atomic mass is 9.95. The number of piperidine rings is 1. The van der Waals surface area contributed by atoms with E-state index in [9.17, 15) is 14.0 Å². The quantitative estimate of drug-likeness (QED) is 0.752. The van der Waals surface area contributed by atoms with Gasteiger partial charge in [0.1, 0.15) is 5.82 Å². The Balaban J connectivity index is 1.38. The Morgan fingerprint density at radius 3 is 2.46 bits per heavy atom. The third-order valence-corrected chi connectivity index (χ3v) is 5.43. The Morgan fingerprint density at radius 1 is 1.04 bits per heavy atom. The van der Waals surface area contributed by atoms with Crippen LogP contribution < -0.4 is 5.32 Å². The number of aromatic nitrogens is 1. The maximum Gasteiger partial charge on any atom is 0.253 e. The molecule has 5 nitrogen and oxygen atoms in total. The minimum atomic E-state index is -0.361. The van der Waals surface area contributed by atoms with E-state index in [-0.39, 0.29) is 23.5 Å². The van der Waals surface area contributed by atoms with Gasteiger partial charge in [0.15, 0.2) is 0 Å². The number of nitrogens with one attached hydrogen (secondary N) is 1. The zero-order chi connectivity index (χ0) is 19.7. The lowest BCUT2D eigenvalue weighted by Gasteiger charge is -2.31. The molecule has 0 atom stereocenters. The molecule has 3 aromatic rings. The molecule has 2 aromatic carbocycles. The van der Waals surface area contributed by atoms with Crippen LogP contribution in [0, 0.1) is 11.7 Å². The molecule has 0 saturated carbocycles. The predicted molar refractivity (Wildman–Crippen MR) is 107 cm³/mol. The van der Waals surface area contributed by atoms with Gasteiger partial charge in [-0.1, -0.05) is 6.07 Å². The van der Waals surface area contributed by atoms with Gasteiger partial charge < -0.3 is 14.8 Å². The van der Waals surface area contributed by atoms with E-state index in [2.05, 4.69) is 5.32 Å². The van der Waals surface area contributed by atoms with Gasteiger partial charge in [-0.05, 0) is 55.3 Å². The summed E-state index contributed by atoms with van der Waals surface area (Å²) in [6.07, 6.45) is 3.20. The summed E-state index contributed by atoms with van der Waals surface area (Å²) in [4.78, 5) is 27.0. The molecule has 1 aromatic heterocycles. The summed E-state index contributed by atoms with van der Waals surface area (Å²) in [5.41, 5.74) is 2.35. The number of likely N-dealkylation sites (tertiary alicyclic amines) is 1. The van der Waals surface area contributed by atoms with Gasteiger partial charge in [-0.2, -0.15) is 0 Å². The Labute approximate surface area is 162 Å². The Bertz CT molecular complexity index is 1020. The highest BCUT2D eigenvalue weighted by molar-refractivity contribution is 6.02. The van der Waals surface area contributed by atoms with Crippen molar-refractivity contribution in [1.82, 2.24) is 9.47 Å². The third-order valence-electron chi connectivity index (χ3n) is 5.43. The highest BCUT2D eigenvalue weighted by Gasteiger charge is 2.28. The average Bonchev–Trinajstić information content (AvgIpc) is 3.10. The molecule has 2 heterocycles. The zero-order valence-corrected chi connectivity index (χ0v) is 15.7. The highest BCUT2D eigenvalue weighted by Crippen LogP contribution is 2.26. The van der Waals surface area contributed by atoms with Crippen LogP contribution in [0.15, 0.2) is 54.7 Å². The van der Waals surface area contributed by atoms with Gasteiger partial charge in [0.05, 0.1) is 5.69 Å². The van der Waals surface area contributed by atoms with Gasteiger partial charge in [0, 0.05) is 48.7 Å². The Kier molecular flexibility index (Phi) is 4.86. The summed E-state index contributed by atoms with van der Waals surface area (Å²) in [5.74, 6) is -0.616. The molecule has 0 aliphatic carbocycles. The van der Waals surface area contributed by atoms with E-state index >= 15 is 0 Å². The second kappa shape index (κ2) is 7.46. The second-order valence-electron chi connectivity index (χ2n) is 7.23. The smallest absolute Gasteiger partial charge is 0.253 e. The number of fused-ring (bicyclic) bond motifs is 1. The molecule has 0 radical (unpaired) electrons. The molecule has 0 spiro atoms. The number of nitrogens with zero attached hydrogens (tertiary/aromatic N) is 2. The van der Waals surface area contributed by atoms with Crippen molar-refractivity contribution >= 4 is 28.4 Å². The van der Waals surface area contributed by atoms with Crippen LogP contribution in [0.3, 0.4) is 0 Å². The molecule has 1 saturated heterocycles. The summed E-state index contributed by atoms with van der Waals surface area (Å²) in [7, 11) is 1.97. The number of carbonyl (C=O) groups is 2. The fourth-order valence-electron chi connectivity index (χ4n) is 3.77. The number of benzene rings is 2. The van der Waals surface area contributed by atoms with Crippen LogP contribution in [0.2, 0.25) is 0 Å². The SMILES string of the molecule is Cn1ccc2c(NC(=O)C3CCN(C(=O)c4ccc(F)cc4)CC3)cccc21. The molecular formula is C22H22FN3O2. The third kappa shape index (κ3) is 3.50. The molecule has 144 valence electrons. The molecule has 6 heteroatoms. The predicted octanol–water partition coefficient (Wildman–Crippen LogP) is 3.81. The first-order valence-electron chi connectivity index (χ1n) is 9.42. The van der Waals surface area contributed by atoms with E-state index < -0.39 is 0 Å². The fraction of sp³-hybridized carbons (Fsp3) is 0.273. The van der Waals surface area contributed by atoms with Crippen LogP contribution >= 0.6 is 0 Å². The zero-order valence-electron chi connectivity index (χ0n) is 15.7. The molecule has 1 aliphatic rings. The first kappa shape index (κ1) is 18.2. The lowest BCUT2D eigenvalue weighted by Crippen LogP contribution is -2.41. The minimum Gasteiger partial charge on any atom is -0.350 e. The summed E-state index contributed by atoms with van der Waals surface area (Å²) in [5, 5.41) is 4.07. The van der Waals surface area contributed by atoms with Crippen molar-refractivity contribution in [3.63, 3.8) is 0 Å². The van der Waals surface area contributed by atoms with E-state index in [1.54, 1.807) is 4.90 Å². The van der Waals surface area contributed by atoms with Crippen molar-refractivity contribution in [1.29, 1.82) is 0 Å². The topological polar surface area (TPSA) is 54.3 Å². The van der Waals surface area contributed by atoms with E-state index in [0.717, 1.165) is 16.6 Å². The highest BCUT2D eigenvalue weighted by atomic mass is 19.1. The van der Waals surface area contributed by atoms with Crippen LogP contribution in [-0.2, 0) is 11.8 Å². The number of hydrogen-bond acceptors (Lipinski definition) is 2. The van der Waals surface area contributed by atoms with Gasteiger partial charge in [-0.15, -0.1) is 0 Å². The molecule has 0 unspecified atom stereocenters. The minimum absolute atomic E-state index is 0.00904. The van der Waals surface area contributed by atoms with Gasteiger partial charge in [0.2, 0.25) is 5.91 Å². The second-order valence-corrected chi connectivity index (χ2v) is 7.23. The molecule has 1 N–H and O–H groups in total. The number of aryl methyl sites for hydroxylation is 1. The van der Waals surface area contributed by atoms with Crippen LogP contribution in [0.5, 0.6) is 0 Å². The van der Waals surface area contributed by atoms with Crippen molar-refractivity contribution < 1.29 is 14.0 Å². The molecule has 0 bridgehead atoms. The van der Waals surface area contributed by atoms with Crippen molar-refractivity contribution in [3.8, 4) is 0 Å².